The second kappa shape index (κ2) is 10.3. The number of alkyl halides is 3. The zero-order valence-corrected chi connectivity index (χ0v) is 20.1. The number of H-pyrrole nitrogens is 1. The molecule has 0 bridgehead atoms. The van der Waals surface area contributed by atoms with Gasteiger partial charge < -0.3 is 29.8 Å². The summed E-state index contributed by atoms with van der Waals surface area (Å²) >= 11 is 0. The minimum Gasteiger partial charge on any atom is -0.488 e. The fourth-order valence-electron chi connectivity index (χ4n) is 3.67. The first-order valence-corrected chi connectivity index (χ1v) is 11.3. The molecule has 2 heterocycles. The summed E-state index contributed by atoms with van der Waals surface area (Å²) in [6.45, 7) is 3.68. The van der Waals surface area contributed by atoms with Crippen molar-refractivity contribution >= 4 is 17.4 Å². The van der Waals surface area contributed by atoms with Crippen LogP contribution in [0.5, 0.6) is 11.5 Å². The summed E-state index contributed by atoms with van der Waals surface area (Å²) in [5, 5.41) is 4.24. The van der Waals surface area contributed by atoms with Gasteiger partial charge in [-0.25, -0.2) is 13.6 Å². The Morgan fingerprint density at radius 2 is 1.82 bits per heavy atom. The number of hydrogen-bond donors (Lipinski definition) is 3. The van der Waals surface area contributed by atoms with Crippen molar-refractivity contribution in [3.63, 3.8) is 0 Å². The summed E-state index contributed by atoms with van der Waals surface area (Å²) in [6.07, 6.45) is -3.62. The van der Waals surface area contributed by atoms with Crippen molar-refractivity contribution in [1.82, 2.24) is 4.98 Å². The lowest BCUT2D eigenvalue weighted by Gasteiger charge is -2.38. The van der Waals surface area contributed by atoms with E-state index >= 15 is 0 Å². The number of benzene rings is 2. The van der Waals surface area contributed by atoms with Crippen LogP contribution in [-0.2, 0) is 10.9 Å². The van der Waals surface area contributed by atoms with E-state index in [4.69, 9.17) is 14.2 Å². The number of ether oxygens (including phenoxy) is 3. The van der Waals surface area contributed by atoms with Crippen LogP contribution in [0.25, 0.3) is 11.1 Å². The molecule has 0 spiro atoms. The Bertz CT molecular complexity index is 1420. The zero-order chi connectivity index (χ0) is 27.7. The van der Waals surface area contributed by atoms with E-state index in [1.165, 1.54) is 18.3 Å². The molecule has 1 fully saturated rings. The lowest BCUT2D eigenvalue weighted by Crippen LogP contribution is -2.51. The number of urea groups is 1. The average Bonchev–Trinajstić information content (AvgIpc) is 2.83. The molecule has 3 aromatic rings. The van der Waals surface area contributed by atoms with Crippen LogP contribution in [0.15, 0.2) is 47.4 Å². The van der Waals surface area contributed by atoms with Gasteiger partial charge in [0.1, 0.15) is 5.75 Å². The molecule has 1 aliphatic heterocycles. The molecular weight excluding hydrogens is 517 g/mol. The summed E-state index contributed by atoms with van der Waals surface area (Å²) < 4.78 is 86.0. The Balaban J connectivity index is 1.52. The molecule has 1 saturated heterocycles. The van der Waals surface area contributed by atoms with E-state index in [9.17, 15) is 31.5 Å². The van der Waals surface area contributed by atoms with Gasteiger partial charge in [0.15, 0.2) is 23.0 Å². The van der Waals surface area contributed by atoms with E-state index in [0.717, 1.165) is 18.2 Å². The minimum absolute atomic E-state index is 0.0869. The van der Waals surface area contributed by atoms with E-state index in [-0.39, 0.29) is 42.4 Å². The predicted molar refractivity (Wildman–Crippen MR) is 128 cm³/mol. The third-order valence-corrected chi connectivity index (χ3v) is 5.52. The molecule has 202 valence electrons. The Morgan fingerprint density at radius 1 is 1.08 bits per heavy atom. The quantitative estimate of drug-likeness (QED) is 0.342. The van der Waals surface area contributed by atoms with Crippen molar-refractivity contribution in [3.05, 3.63) is 70.1 Å². The normalized spacial score (nSPS) is 14.4. The van der Waals surface area contributed by atoms with Crippen molar-refractivity contribution in [3.8, 4) is 22.6 Å². The Hall–Kier alpha value is -4.13. The standard InChI is InChI=1S/C25H22F5N3O5/c1-3-37-19-8-13(10-31-22(19)34)15-5-6-17(21(27)20(15)26)33-23(35)32-14-4-7-18(16(9-14)25(28,29)30)38-24(2)11-36-12-24/h4-10H,3,11-12H2,1-2H3,(H,31,34)(H2,32,33,35). The molecular formula is C25H22F5N3O5. The van der Waals surface area contributed by atoms with E-state index in [1.807, 2.05) is 0 Å². The molecule has 38 heavy (non-hydrogen) atoms. The van der Waals surface area contributed by atoms with Gasteiger partial charge in [0.2, 0.25) is 0 Å². The molecule has 2 aromatic carbocycles. The highest BCUT2D eigenvalue weighted by molar-refractivity contribution is 6.00. The number of anilines is 2. The summed E-state index contributed by atoms with van der Waals surface area (Å²) in [5.74, 6) is -3.27. The number of aromatic amines is 1. The van der Waals surface area contributed by atoms with Crippen LogP contribution in [0.3, 0.4) is 0 Å². The third kappa shape index (κ3) is 5.72. The van der Waals surface area contributed by atoms with Gasteiger partial charge in [-0.05, 0) is 50.2 Å². The molecule has 0 saturated carbocycles. The highest BCUT2D eigenvalue weighted by Crippen LogP contribution is 2.40. The van der Waals surface area contributed by atoms with Gasteiger partial charge in [0.05, 0.1) is 31.1 Å². The van der Waals surface area contributed by atoms with Crippen LogP contribution in [0, 0.1) is 11.6 Å². The minimum atomic E-state index is -4.79. The Morgan fingerprint density at radius 3 is 2.45 bits per heavy atom. The second-order valence-corrected chi connectivity index (χ2v) is 8.64. The molecule has 0 radical (unpaired) electrons. The van der Waals surface area contributed by atoms with Crippen molar-refractivity contribution in [2.24, 2.45) is 0 Å². The topological polar surface area (TPSA) is 102 Å². The maximum Gasteiger partial charge on any atom is 0.420 e. The van der Waals surface area contributed by atoms with E-state index in [2.05, 4.69) is 15.6 Å². The number of aromatic nitrogens is 1. The Labute approximate surface area is 212 Å². The van der Waals surface area contributed by atoms with Crippen LogP contribution in [0.2, 0.25) is 0 Å². The van der Waals surface area contributed by atoms with Crippen LogP contribution < -0.4 is 25.7 Å². The molecule has 4 rings (SSSR count). The van der Waals surface area contributed by atoms with Crippen LogP contribution in [-0.4, -0.2) is 36.4 Å². The molecule has 3 N–H and O–H groups in total. The van der Waals surface area contributed by atoms with Gasteiger partial charge in [0, 0.05) is 23.0 Å². The van der Waals surface area contributed by atoms with Crippen molar-refractivity contribution in [2.45, 2.75) is 25.6 Å². The molecule has 13 heteroatoms. The number of carbonyl (C=O) groups is 1. The van der Waals surface area contributed by atoms with Crippen LogP contribution in [0.1, 0.15) is 19.4 Å². The number of rotatable bonds is 7. The number of amides is 2. The van der Waals surface area contributed by atoms with Gasteiger partial charge in [-0.3, -0.25) is 4.79 Å². The number of pyridine rings is 1. The number of halogens is 5. The van der Waals surface area contributed by atoms with Crippen molar-refractivity contribution < 1.29 is 41.0 Å². The van der Waals surface area contributed by atoms with Crippen molar-refractivity contribution in [1.29, 1.82) is 0 Å². The zero-order valence-electron chi connectivity index (χ0n) is 20.1. The highest BCUT2D eigenvalue weighted by Gasteiger charge is 2.40. The van der Waals surface area contributed by atoms with Gasteiger partial charge >= 0.3 is 12.2 Å². The van der Waals surface area contributed by atoms with Gasteiger partial charge in [-0.1, -0.05) is 0 Å². The first-order valence-electron chi connectivity index (χ1n) is 11.3. The average molecular weight is 539 g/mol. The van der Waals surface area contributed by atoms with Crippen LogP contribution >= 0.6 is 0 Å². The molecule has 0 atom stereocenters. The molecule has 2 amide bonds. The first-order chi connectivity index (χ1) is 17.9. The number of nitrogens with one attached hydrogen (secondary N) is 3. The molecule has 0 unspecified atom stereocenters. The Kier molecular flexibility index (Phi) is 7.31. The largest absolute Gasteiger partial charge is 0.488 e. The van der Waals surface area contributed by atoms with E-state index < -0.39 is 52.0 Å². The third-order valence-electron chi connectivity index (χ3n) is 5.52. The maximum atomic E-state index is 14.8. The highest BCUT2D eigenvalue weighted by atomic mass is 19.4. The maximum absolute atomic E-state index is 14.8. The van der Waals surface area contributed by atoms with Gasteiger partial charge in [-0.15, -0.1) is 0 Å². The summed E-state index contributed by atoms with van der Waals surface area (Å²) in [4.78, 5) is 26.5. The SMILES string of the molecule is CCOc1cc(-c2ccc(NC(=O)Nc3ccc(OC4(C)COC4)c(C(F)(F)F)c3)c(F)c2F)c[nH]c1=O. The number of hydrogen-bond acceptors (Lipinski definition) is 5. The summed E-state index contributed by atoms with van der Waals surface area (Å²) in [7, 11) is 0. The van der Waals surface area contributed by atoms with Crippen molar-refractivity contribution in [2.75, 3.05) is 30.5 Å². The molecule has 8 nitrogen and oxygen atoms in total. The lowest BCUT2D eigenvalue weighted by atomic mass is 10.0. The monoisotopic (exact) mass is 539 g/mol. The smallest absolute Gasteiger partial charge is 0.420 e. The number of carbonyl (C=O) groups excluding carboxylic acids is 1. The predicted octanol–water partition coefficient (Wildman–Crippen LogP) is 5.55. The molecule has 1 aromatic heterocycles. The second-order valence-electron chi connectivity index (χ2n) is 8.64. The van der Waals surface area contributed by atoms with E-state index in [1.54, 1.807) is 13.8 Å². The fraction of sp³-hybridized carbons (Fsp3) is 0.280. The first kappa shape index (κ1) is 26.9. The lowest BCUT2D eigenvalue weighted by molar-refractivity contribution is -0.160. The summed E-state index contributed by atoms with van der Waals surface area (Å²) in [5.41, 5.74) is -3.51. The van der Waals surface area contributed by atoms with Gasteiger partial charge in [0.25, 0.3) is 5.56 Å². The van der Waals surface area contributed by atoms with Crippen LogP contribution in [0.4, 0.5) is 38.1 Å². The molecule has 1 aliphatic rings. The molecule has 0 aliphatic carbocycles. The fourth-order valence-corrected chi connectivity index (χ4v) is 3.67. The van der Waals surface area contributed by atoms with Gasteiger partial charge in [-0.2, -0.15) is 13.2 Å². The van der Waals surface area contributed by atoms with E-state index in [0.29, 0.717) is 6.07 Å². The summed E-state index contributed by atoms with van der Waals surface area (Å²) in [6, 6.07) is 5.26.